The fourth-order valence-corrected chi connectivity index (χ4v) is 2.00. The van der Waals surface area contributed by atoms with Gasteiger partial charge < -0.3 is 0 Å². The molecule has 0 fully saturated rings. The maximum absolute atomic E-state index is 11.8. The lowest BCUT2D eigenvalue weighted by molar-refractivity contribution is 0.0982. The van der Waals surface area contributed by atoms with Crippen LogP contribution in [0.3, 0.4) is 0 Å². The van der Waals surface area contributed by atoms with Crippen molar-refractivity contribution in [2.75, 3.05) is 0 Å². The highest BCUT2D eigenvalue weighted by atomic mass is 35.5. The van der Waals surface area contributed by atoms with E-state index in [0.717, 1.165) is 11.4 Å². The highest BCUT2D eigenvalue weighted by molar-refractivity contribution is 6.30. The van der Waals surface area contributed by atoms with Crippen molar-refractivity contribution in [1.29, 1.82) is 0 Å². The van der Waals surface area contributed by atoms with Gasteiger partial charge in [-0.3, -0.25) is 4.79 Å². The van der Waals surface area contributed by atoms with E-state index in [4.69, 9.17) is 11.6 Å². The van der Waals surface area contributed by atoms with Crippen LogP contribution in [-0.4, -0.2) is 20.8 Å². The minimum Gasteiger partial charge on any atom is -0.292 e. The molecule has 0 unspecified atom stereocenters. The van der Waals surface area contributed by atoms with Gasteiger partial charge in [-0.1, -0.05) is 36.7 Å². The molecule has 0 N–H and O–H groups in total. The first-order valence-corrected chi connectivity index (χ1v) is 6.28. The molecule has 2 aromatic rings. The molecular formula is C13H14ClN3O. The van der Waals surface area contributed by atoms with Crippen LogP contribution in [0, 0.1) is 0 Å². The maximum Gasteiger partial charge on any atom is 0.184 e. The Kier molecular flexibility index (Phi) is 3.77. The molecule has 0 aliphatic rings. The number of carbonyl (C=O) groups excluding carboxylic acids is 1. The van der Waals surface area contributed by atoms with Crippen LogP contribution < -0.4 is 0 Å². The highest BCUT2D eigenvalue weighted by Crippen LogP contribution is 2.18. The van der Waals surface area contributed by atoms with E-state index < -0.39 is 0 Å². The summed E-state index contributed by atoms with van der Waals surface area (Å²) in [5.74, 6) is 0.0140. The molecule has 94 valence electrons. The van der Waals surface area contributed by atoms with Gasteiger partial charge in [-0.2, -0.15) is 0 Å². The number of ketones is 1. The number of halogens is 1. The van der Waals surface area contributed by atoms with Crippen molar-refractivity contribution in [2.45, 2.75) is 26.7 Å². The molecule has 0 aliphatic carbocycles. The van der Waals surface area contributed by atoms with Gasteiger partial charge in [0.05, 0.1) is 11.4 Å². The second-order valence-electron chi connectivity index (χ2n) is 3.91. The summed E-state index contributed by atoms with van der Waals surface area (Å²) in [6, 6.07) is 7.33. The molecule has 0 aliphatic heterocycles. The van der Waals surface area contributed by atoms with Crippen LogP contribution in [0.25, 0.3) is 5.69 Å². The zero-order valence-electron chi connectivity index (χ0n) is 10.4. The van der Waals surface area contributed by atoms with Crippen LogP contribution in [0.5, 0.6) is 0 Å². The standard InChI is InChI=1S/C13H14ClN3O/c1-3-11-13(12(18)4-2)15-16-17(11)10-7-5-6-9(14)8-10/h5-8H,3-4H2,1-2H3. The molecule has 0 saturated carbocycles. The van der Waals surface area contributed by atoms with Crippen LogP contribution >= 0.6 is 11.6 Å². The van der Waals surface area contributed by atoms with E-state index in [9.17, 15) is 4.79 Å². The van der Waals surface area contributed by atoms with Crippen molar-refractivity contribution in [3.8, 4) is 5.69 Å². The molecule has 4 nitrogen and oxygen atoms in total. The van der Waals surface area contributed by atoms with Gasteiger partial charge in [0.1, 0.15) is 0 Å². The van der Waals surface area contributed by atoms with Crippen molar-refractivity contribution in [1.82, 2.24) is 15.0 Å². The van der Waals surface area contributed by atoms with Crippen LogP contribution in [0.2, 0.25) is 5.02 Å². The second kappa shape index (κ2) is 5.31. The number of benzene rings is 1. The largest absolute Gasteiger partial charge is 0.292 e. The third-order valence-electron chi connectivity index (χ3n) is 2.74. The third-order valence-corrected chi connectivity index (χ3v) is 2.97. The predicted octanol–water partition coefficient (Wildman–Crippen LogP) is 3.08. The van der Waals surface area contributed by atoms with Gasteiger partial charge >= 0.3 is 0 Å². The average Bonchev–Trinajstić information content (AvgIpc) is 2.81. The van der Waals surface area contributed by atoms with E-state index in [2.05, 4.69) is 10.3 Å². The van der Waals surface area contributed by atoms with Gasteiger partial charge in [0.15, 0.2) is 11.5 Å². The first-order chi connectivity index (χ1) is 8.67. The summed E-state index contributed by atoms with van der Waals surface area (Å²) in [7, 11) is 0. The zero-order chi connectivity index (χ0) is 13.1. The average molecular weight is 264 g/mol. The molecule has 5 heteroatoms. The van der Waals surface area contributed by atoms with Gasteiger partial charge in [0, 0.05) is 11.4 Å². The maximum atomic E-state index is 11.8. The number of aromatic nitrogens is 3. The minimum atomic E-state index is 0.0140. The second-order valence-corrected chi connectivity index (χ2v) is 4.34. The van der Waals surface area contributed by atoms with Crippen molar-refractivity contribution in [3.05, 3.63) is 40.7 Å². The lowest BCUT2D eigenvalue weighted by atomic mass is 10.1. The van der Waals surface area contributed by atoms with Crippen molar-refractivity contribution in [3.63, 3.8) is 0 Å². The summed E-state index contributed by atoms with van der Waals surface area (Å²) in [5.41, 5.74) is 2.10. The number of Topliss-reactive ketones (excluding diaryl/α,β-unsaturated/α-hetero) is 1. The van der Waals surface area contributed by atoms with Gasteiger partial charge in [-0.05, 0) is 24.6 Å². The SMILES string of the molecule is CCC(=O)c1nnn(-c2cccc(Cl)c2)c1CC. The molecule has 2 rings (SSSR count). The molecule has 18 heavy (non-hydrogen) atoms. The van der Waals surface area contributed by atoms with E-state index >= 15 is 0 Å². The Labute approximate surface area is 111 Å². The number of hydrogen-bond donors (Lipinski definition) is 0. The van der Waals surface area contributed by atoms with Crippen molar-refractivity contribution >= 4 is 17.4 Å². The lowest BCUT2D eigenvalue weighted by Crippen LogP contribution is -2.05. The zero-order valence-corrected chi connectivity index (χ0v) is 11.1. The minimum absolute atomic E-state index is 0.0140. The Balaban J connectivity index is 2.52. The molecule has 1 aromatic carbocycles. The van der Waals surface area contributed by atoms with E-state index in [-0.39, 0.29) is 5.78 Å². The molecular weight excluding hydrogens is 250 g/mol. The summed E-state index contributed by atoms with van der Waals surface area (Å²) < 4.78 is 1.68. The van der Waals surface area contributed by atoms with Crippen LogP contribution in [0.4, 0.5) is 0 Å². The van der Waals surface area contributed by atoms with E-state index in [0.29, 0.717) is 23.6 Å². The molecule has 1 heterocycles. The van der Waals surface area contributed by atoms with Crippen LogP contribution in [-0.2, 0) is 6.42 Å². The fraction of sp³-hybridized carbons (Fsp3) is 0.308. The molecule has 0 saturated heterocycles. The van der Waals surface area contributed by atoms with Gasteiger partial charge in [0.25, 0.3) is 0 Å². The van der Waals surface area contributed by atoms with E-state index in [1.54, 1.807) is 16.8 Å². The highest BCUT2D eigenvalue weighted by Gasteiger charge is 2.17. The van der Waals surface area contributed by atoms with Gasteiger partial charge in [-0.25, -0.2) is 4.68 Å². The van der Waals surface area contributed by atoms with E-state index in [1.807, 2.05) is 26.0 Å². The van der Waals surface area contributed by atoms with Crippen LogP contribution in [0.1, 0.15) is 36.5 Å². The summed E-state index contributed by atoms with van der Waals surface area (Å²) in [6.45, 7) is 3.80. The first-order valence-electron chi connectivity index (χ1n) is 5.91. The number of carbonyl (C=O) groups is 1. The monoisotopic (exact) mass is 263 g/mol. The Bertz CT molecular complexity index is 577. The van der Waals surface area contributed by atoms with E-state index in [1.165, 1.54) is 0 Å². The summed E-state index contributed by atoms with van der Waals surface area (Å²) in [5, 5.41) is 8.67. The fourth-order valence-electron chi connectivity index (χ4n) is 1.82. The summed E-state index contributed by atoms with van der Waals surface area (Å²) in [6.07, 6.45) is 1.13. The van der Waals surface area contributed by atoms with Crippen molar-refractivity contribution < 1.29 is 4.79 Å². The number of rotatable bonds is 4. The first kappa shape index (κ1) is 12.8. The molecule has 0 amide bonds. The quantitative estimate of drug-likeness (QED) is 0.797. The van der Waals surface area contributed by atoms with Gasteiger partial charge in [0.2, 0.25) is 0 Å². The number of hydrogen-bond acceptors (Lipinski definition) is 3. The Morgan fingerprint density at radius 1 is 1.39 bits per heavy atom. The summed E-state index contributed by atoms with van der Waals surface area (Å²) >= 11 is 5.96. The van der Waals surface area contributed by atoms with Crippen LogP contribution in [0.15, 0.2) is 24.3 Å². The Morgan fingerprint density at radius 3 is 2.78 bits per heavy atom. The topological polar surface area (TPSA) is 47.8 Å². The smallest absolute Gasteiger partial charge is 0.184 e. The normalized spacial score (nSPS) is 10.6. The molecule has 0 bridgehead atoms. The molecule has 0 radical (unpaired) electrons. The number of nitrogens with zero attached hydrogens (tertiary/aromatic N) is 3. The predicted molar refractivity (Wildman–Crippen MR) is 70.4 cm³/mol. The Hall–Kier alpha value is -1.68. The third kappa shape index (κ3) is 2.29. The summed E-state index contributed by atoms with van der Waals surface area (Å²) in [4.78, 5) is 11.8. The molecule has 0 spiro atoms. The molecule has 0 atom stereocenters. The van der Waals surface area contributed by atoms with Crippen molar-refractivity contribution in [2.24, 2.45) is 0 Å². The lowest BCUT2D eigenvalue weighted by Gasteiger charge is -2.05. The van der Waals surface area contributed by atoms with Gasteiger partial charge in [-0.15, -0.1) is 5.10 Å². The Morgan fingerprint density at radius 2 is 2.17 bits per heavy atom. The molecule has 1 aromatic heterocycles.